The number of hydrogen-bond donors (Lipinski definition) is 1. The Balaban J connectivity index is 1.79. The molecule has 0 bridgehead atoms. The van der Waals surface area contributed by atoms with Gasteiger partial charge in [-0.25, -0.2) is 17.8 Å². The molecule has 27 heavy (non-hydrogen) atoms. The fourth-order valence-corrected chi connectivity index (χ4v) is 5.21. The molecule has 2 aromatic rings. The van der Waals surface area contributed by atoms with Crippen LogP contribution in [-0.4, -0.2) is 42.3 Å². The van der Waals surface area contributed by atoms with Gasteiger partial charge >= 0.3 is 0 Å². The number of hydrazone groups is 1. The fraction of sp³-hybridized carbons (Fsp3) is 0.333. The summed E-state index contributed by atoms with van der Waals surface area (Å²) in [5.41, 5.74) is 4.38. The Labute approximate surface area is 162 Å². The van der Waals surface area contributed by atoms with Crippen LogP contribution in [0.3, 0.4) is 0 Å². The van der Waals surface area contributed by atoms with Crippen molar-refractivity contribution in [2.75, 3.05) is 24.3 Å². The molecule has 0 unspecified atom stereocenters. The van der Waals surface area contributed by atoms with Crippen molar-refractivity contribution in [1.82, 2.24) is 9.29 Å². The van der Waals surface area contributed by atoms with Gasteiger partial charge in [-0.15, -0.1) is 11.8 Å². The number of pyridine rings is 1. The van der Waals surface area contributed by atoms with Crippen LogP contribution in [0.2, 0.25) is 0 Å². The van der Waals surface area contributed by atoms with Crippen molar-refractivity contribution in [3.8, 4) is 0 Å². The van der Waals surface area contributed by atoms with Gasteiger partial charge < -0.3 is 0 Å². The average molecular weight is 409 g/mol. The van der Waals surface area contributed by atoms with Crippen molar-refractivity contribution in [3.63, 3.8) is 0 Å². The summed E-state index contributed by atoms with van der Waals surface area (Å²) < 4.78 is 39.9. The molecule has 3 rings (SSSR count). The van der Waals surface area contributed by atoms with Crippen LogP contribution in [0.5, 0.6) is 0 Å². The van der Waals surface area contributed by atoms with E-state index in [1.54, 1.807) is 37.7 Å². The first-order valence-electron chi connectivity index (χ1n) is 8.67. The normalized spacial score (nSPS) is 15.8. The van der Waals surface area contributed by atoms with Crippen molar-refractivity contribution >= 4 is 33.3 Å². The molecule has 0 amide bonds. The number of nitrogens with zero attached hydrogens (tertiary/aromatic N) is 3. The zero-order valence-electron chi connectivity index (χ0n) is 15.1. The zero-order chi connectivity index (χ0) is 19.4. The number of benzene rings is 1. The Hall–Kier alpha value is -1.97. The molecule has 0 aliphatic carbocycles. The van der Waals surface area contributed by atoms with Gasteiger partial charge in [-0.1, -0.05) is 13.8 Å². The van der Waals surface area contributed by atoms with Crippen LogP contribution in [0, 0.1) is 5.82 Å². The third-order valence-corrected chi connectivity index (χ3v) is 7.34. The lowest BCUT2D eigenvalue weighted by atomic mass is 10.1. The second-order valence-corrected chi connectivity index (χ2v) is 8.95. The second kappa shape index (κ2) is 8.37. The fourth-order valence-electron chi connectivity index (χ4n) is 2.80. The van der Waals surface area contributed by atoms with Crippen LogP contribution in [0.1, 0.15) is 25.8 Å². The lowest BCUT2D eigenvalue weighted by Gasteiger charge is -2.18. The lowest BCUT2D eigenvalue weighted by Crippen LogP contribution is -2.30. The summed E-state index contributed by atoms with van der Waals surface area (Å²) >= 11 is 1.67. The summed E-state index contributed by atoms with van der Waals surface area (Å²) in [6, 6.07) is 7.77. The molecule has 2 heterocycles. The van der Waals surface area contributed by atoms with Crippen LogP contribution in [0.4, 0.5) is 10.2 Å². The molecule has 144 valence electrons. The van der Waals surface area contributed by atoms with Crippen molar-refractivity contribution in [3.05, 3.63) is 47.9 Å². The second-order valence-electron chi connectivity index (χ2n) is 5.88. The number of halogens is 1. The van der Waals surface area contributed by atoms with Gasteiger partial charge in [0.15, 0.2) is 0 Å². The van der Waals surface area contributed by atoms with Gasteiger partial charge in [-0.3, -0.25) is 5.43 Å². The Morgan fingerprint density at radius 1 is 1.26 bits per heavy atom. The van der Waals surface area contributed by atoms with Gasteiger partial charge in [0.05, 0.1) is 5.71 Å². The molecule has 0 radical (unpaired) electrons. The first-order chi connectivity index (χ1) is 13.0. The number of fused-ring (bicyclic) bond motifs is 1. The summed E-state index contributed by atoms with van der Waals surface area (Å²) in [4.78, 5) is 5.29. The molecule has 6 nitrogen and oxygen atoms in total. The summed E-state index contributed by atoms with van der Waals surface area (Å²) in [5.74, 6) is 0.999. The van der Waals surface area contributed by atoms with Gasteiger partial charge in [0.1, 0.15) is 16.5 Å². The molecule has 1 aliphatic rings. The number of thioether (sulfide) groups is 1. The quantitative estimate of drug-likeness (QED) is 0.740. The van der Waals surface area contributed by atoms with Gasteiger partial charge in [-0.2, -0.15) is 9.41 Å². The van der Waals surface area contributed by atoms with E-state index in [1.165, 1.54) is 28.7 Å². The molecule has 9 heteroatoms. The molecule has 0 fully saturated rings. The molecule has 0 spiro atoms. The van der Waals surface area contributed by atoms with E-state index in [-0.39, 0.29) is 10.7 Å². The highest BCUT2D eigenvalue weighted by molar-refractivity contribution is 7.99. The predicted molar refractivity (Wildman–Crippen MR) is 106 cm³/mol. The van der Waals surface area contributed by atoms with E-state index in [0.29, 0.717) is 25.3 Å². The minimum Gasteiger partial charge on any atom is -0.261 e. The van der Waals surface area contributed by atoms with Gasteiger partial charge in [0, 0.05) is 41.9 Å². The predicted octanol–water partition coefficient (Wildman–Crippen LogP) is 3.56. The summed E-state index contributed by atoms with van der Waals surface area (Å²) in [6.45, 7) is 4.40. The van der Waals surface area contributed by atoms with Gasteiger partial charge in [0.25, 0.3) is 0 Å². The maximum Gasteiger partial charge on any atom is 0.244 e. The SMILES string of the molecule is CCN(CC)S(=O)(=O)c1ccc(NN=C2CCSc3ccc(F)cc32)nc1. The summed E-state index contributed by atoms with van der Waals surface area (Å²) in [5, 5.41) is 4.36. The zero-order valence-corrected chi connectivity index (χ0v) is 16.8. The van der Waals surface area contributed by atoms with Gasteiger partial charge in [0.2, 0.25) is 10.0 Å². The van der Waals surface area contributed by atoms with Crippen molar-refractivity contribution < 1.29 is 12.8 Å². The van der Waals surface area contributed by atoms with Crippen molar-refractivity contribution in [2.24, 2.45) is 5.10 Å². The Morgan fingerprint density at radius 2 is 2.04 bits per heavy atom. The standard InChI is InChI=1S/C18H21FN4O2S2/c1-3-23(4-2)27(24,25)14-6-8-18(20-12-14)22-21-16-9-10-26-17-7-5-13(19)11-15(16)17/h5-8,11-12H,3-4,9-10H2,1-2H3,(H,20,22). The van der Waals surface area contributed by atoms with E-state index >= 15 is 0 Å². The highest BCUT2D eigenvalue weighted by Gasteiger charge is 2.22. The minimum absolute atomic E-state index is 0.144. The number of sulfonamides is 1. The molecule has 1 aliphatic heterocycles. The maximum absolute atomic E-state index is 13.6. The van der Waals surface area contributed by atoms with E-state index in [1.807, 2.05) is 0 Å². The first kappa shape index (κ1) is 19.8. The molecule has 1 aromatic heterocycles. The Morgan fingerprint density at radius 3 is 2.70 bits per heavy atom. The number of anilines is 1. The number of nitrogens with one attached hydrogen (secondary N) is 1. The van der Waals surface area contributed by atoms with E-state index in [9.17, 15) is 12.8 Å². The number of rotatable bonds is 6. The molecular weight excluding hydrogens is 387 g/mol. The minimum atomic E-state index is -3.54. The lowest BCUT2D eigenvalue weighted by molar-refractivity contribution is 0.445. The summed E-state index contributed by atoms with van der Waals surface area (Å²) in [7, 11) is -3.54. The van der Waals surface area contributed by atoms with E-state index in [4.69, 9.17) is 0 Å². The third-order valence-electron chi connectivity index (χ3n) is 4.23. The smallest absolute Gasteiger partial charge is 0.244 e. The Kier molecular flexibility index (Phi) is 6.13. The molecule has 1 aromatic carbocycles. The molecule has 0 saturated heterocycles. The van der Waals surface area contributed by atoms with Crippen molar-refractivity contribution in [2.45, 2.75) is 30.1 Å². The van der Waals surface area contributed by atoms with Crippen LogP contribution >= 0.6 is 11.8 Å². The molecule has 0 atom stereocenters. The largest absolute Gasteiger partial charge is 0.261 e. The maximum atomic E-state index is 13.6. The van der Waals surface area contributed by atoms with Crippen LogP contribution in [-0.2, 0) is 10.0 Å². The van der Waals surface area contributed by atoms with E-state index < -0.39 is 10.0 Å². The molecule has 1 N–H and O–H groups in total. The van der Waals surface area contributed by atoms with Crippen LogP contribution in [0.25, 0.3) is 0 Å². The Bertz CT molecular complexity index is 942. The highest BCUT2D eigenvalue weighted by atomic mass is 32.2. The topological polar surface area (TPSA) is 74.7 Å². The van der Waals surface area contributed by atoms with E-state index in [2.05, 4.69) is 15.5 Å². The van der Waals surface area contributed by atoms with E-state index in [0.717, 1.165) is 21.9 Å². The van der Waals surface area contributed by atoms with Crippen LogP contribution < -0.4 is 5.43 Å². The molecular formula is C18H21FN4O2S2. The third kappa shape index (κ3) is 4.31. The van der Waals surface area contributed by atoms with Crippen molar-refractivity contribution in [1.29, 1.82) is 0 Å². The highest BCUT2D eigenvalue weighted by Crippen LogP contribution is 2.30. The number of hydrogen-bond acceptors (Lipinski definition) is 6. The first-order valence-corrected chi connectivity index (χ1v) is 11.1. The van der Waals surface area contributed by atoms with Crippen LogP contribution in [0.15, 0.2) is 51.4 Å². The molecule has 0 saturated carbocycles. The number of aromatic nitrogens is 1. The average Bonchev–Trinajstić information content (AvgIpc) is 2.67. The monoisotopic (exact) mass is 408 g/mol. The summed E-state index contributed by atoms with van der Waals surface area (Å²) in [6.07, 6.45) is 2.03. The van der Waals surface area contributed by atoms with Gasteiger partial charge in [-0.05, 0) is 30.3 Å².